The van der Waals surface area contributed by atoms with Gasteiger partial charge in [0.25, 0.3) is 0 Å². The number of anilines is 1. The van der Waals surface area contributed by atoms with Crippen LogP contribution in [0.2, 0.25) is 0 Å². The van der Waals surface area contributed by atoms with Crippen LogP contribution in [0.1, 0.15) is 5.01 Å². The number of cyclic esters (lactones) is 1. The van der Waals surface area contributed by atoms with Gasteiger partial charge in [-0.2, -0.15) is 5.10 Å². The number of aromatic nitrogens is 3. The lowest BCUT2D eigenvalue weighted by atomic mass is 10.1. The number of carbonyl (C=O) groups excluding carboxylic acids is 1. The van der Waals surface area contributed by atoms with Gasteiger partial charge in [-0.05, 0) is 24.3 Å². The quantitative estimate of drug-likeness (QED) is 0.560. The van der Waals surface area contributed by atoms with Crippen LogP contribution in [0.5, 0.6) is 0 Å². The molecule has 1 N–H and O–H groups in total. The summed E-state index contributed by atoms with van der Waals surface area (Å²) in [6, 6.07) is 6.21. The van der Waals surface area contributed by atoms with Gasteiger partial charge in [-0.15, -0.1) is 11.3 Å². The van der Waals surface area contributed by atoms with Gasteiger partial charge in [0.2, 0.25) is 0 Å². The van der Waals surface area contributed by atoms with Crippen molar-refractivity contribution < 1.29 is 23.8 Å². The van der Waals surface area contributed by atoms with Crippen LogP contribution in [0.25, 0.3) is 11.3 Å². The Morgan fingerprint density at radius 1 is 1.47 bits per heavy atom. The molecule has 30 heavy (non-hydrogen) atoms. The molecule has 0 saturated carbocycles. The van der Waals surface area contributed by atoms with Crippen molar-refractivity contribution in [3.05, 3.63) is 52.9 Å². The van der Waals surface area contributed by atoms with E-state index in [9.17, 15) is 14.0 Å². The summed E-state index contributed by atoms with van der Waals surface area (Å²) in [6.07, 6.45) is 0.878. The topological polar surface area (TPSA) is 101 Å². The monoisotopic (exact) mass is 449 g/mol. The Labute approximate surface area is 179 Å². The Bertz CT molecular complexity index is 1070. The lowest BCUT2D eigenvalue weighted by Gasteiger charge is -2.16. The predicted molar refractivity (Wildman–Crippen MR) is 110 cm³/mol. The van der Waals surface area contributed by atoms with E-state index in [-0.39, 0.29) is 13.1 Å². The molecule has 0 spiro atoms. The largest absolute Gasteiger partial charge is 0.464 e. The second kappa shape index (κ2) is 8.32. The van der Waals surface area contributed by atoms with E-state index in [1.165, 1.54) is 22.3 Å². The smallest absolute Gasteiger partial charge is 0.417 e. The summed E-state index contributed by atoms with van der Waals surface area (Å²) in [6.45, 7) is 0.489. The highest BCUT2D eigenvalue weighted by atomic mass is 32.1. The van der Waals surface area contributed by atoms with Crippen molar-refractivity contribution in [2.75, 3.05) is 18.0 Å². The predicted octanol–water partition coefficient (Wildman–Crippen LogP) is 3.34. The molecule has 1 fully saturated rings. The molecule has 2 amide bonds. The zero-order valence-electron chi connectivity index (χ0n) is 15.4. The Hall–Kier alpha value is -3.12. The van der Waals surface area contributed by atoms with Gasteiger partial charge in [0.1, 0.15) is 16.9 Å². The van der Waals surface area contributed by atoms with E-state index in [4.69, 9.17) is 9.84 Å². The van der Waals surface area contributed by atoms with Crippen LogP contribution in [0.4, 0.5) is 19.7 Å². The SMILES string of the molecule is O=C(O)N(S)CC1CN(c2ccc(-c3csc(Cn4cccn4)n3)c(F)c2)C(=O)O1. The first kappa shape index (κ1) is 20.2. The molecule has 0 radical (unpaired) electrons. The number of thiol groups is 1. The van der Waals surface area contributed by atoms with Gasteiger partial charge < -0.3 is 9.84 Å². The molecule has 9 nitrogen and oxygen atoms in total. The van der Waals surface area contributed by atoms with Crippen molar-refractivity contribution in [1.29, 1.82) is 0 Å². The third-order valence-corrected chi connectivity index (χ3v) is 5.59. The highest BCUT2D eigenvalue weighted by molar-refractivity contribution is 7.78. The Morgan fingerprint density at radius 2 is 2.30 bits per heavy atom. The van der Waals surface area contributed by atoms with Gasteiger partial charge in [-0.3, -0.25) is 13.9 Å². The molecular formula is C18H16FN5O4S2. The van der Waals surface area contributed by atoms with Gasteiger partial charge in [0.05, 0.1) is 31.0 Å². The number of nitrogens with zero attached hydrogens (tertiary/aromatic N) is 5. The van der Waals surface area contributed by atoms with E-state index in [0.29, 0.717) is 23.5 Å². The van der Waals surface area contributed by atoms with Crippen LogP contribution in [0.15, 0.2) is 42.0 Å². The van der Waals surface area contributed by atoms with E-state index < -0.39 is 24.1 Å². The summed E-state index contributed by atoms with van der Waals surface area (Å²) in [5.41, 5.74) is 1.13. The van der Waals surface area contributed by atoms with Crippen LogP contribution in [-0.4, -0.2) is 55.6 Å². The standard InChI is InChI=1S/C18H16FN5O4S2/c19-14-6-11(23-7-12(28-18(23)27)8-24(29)17(25)26)2-3-13(14)15-10-30-16(21-15)9-22-5-1-4-20-22/h1-6,10,12,29H,7-9H2,(H,25,26). The molecule has 156 valence electrons. The second-order valence-electron chi connectivity index (χ2n) is 6.48. The van der Waals surface area contributed by atoms with Gasteiger partial charge in [-0.25, -0.2) is 19.0 Å². The molecule has 1 unspecified atom stereocenters. The van der Waals surface area contributed by atoms with E-state index >= 15 is 0 Å². The number of hydrogen-bond acceptors (Lipinski definition) is 7. The summed E-state index contributed by atoms with van der Waals surface area (Å²) in [4.78, 5) is 28.7. The van der Waals surface area contributed by atoms with Gasteiger partial charge >= 0.3 is 12.2 Å². The maximum absolute atomic E-state index is 14.8. The summed E-state index contributed by atoms with van der Waals surface area (Å²) >= 11 is 5.21. The van der Waals surface area contributed by atoms with Crippen molar-refractivity contribution in [2.45, 2.75) is 12.6 Å². The van der Waals surface area contributed by atoms with E-state index in [1.807, 2.05) is 12.3 Å². The molecule has 1 saturated heterocycles. The number of benzene rings is 1. The Balaban J connectivity index is 1.48. The molecule has 0 bridgehead atoms. The zero-order valence-corrected chi connectivity index (χ0v) is 17.1. The molecular weight excluding hydrogens is 433 g/mol. The third kappa shape index (κ3) is 4.24. The summed E-state index contributed by atoms with van der Waals surface area (Å²) in [5, 5.41) is 15.6. The van der Waals surface area contributed by atoms with Crippen LogP contribution >= 0.6 is 24.2 Å². The number of carbonyl (C=O) groups is 2. The first-order valence-corrected chi connectivity index (χ1v) is 10.1. The molecule has 1 aliphatic rings. The molecule has 4 rings (SSSR count). The minimum atomic E-state index is -1.25. The molecule has 1 aliphatic heterocycles. The average Bonchev–Trinajstić information content (AvgIpc) is 3.44. The Kier molecular flexibility index (Phi) is 5.59. The number of amides is 2. The number of ether oxygens (including phenoxy) is 1. The number of hydrogen-bond donors (Lipinski definition) is 2. The number of rotatable bonds is 6. The third-order valence-electron chi connectivity index (χ3n) is 4.42. The van der Waals surface area contributed by atoms with Crippen molar-refractivity contribution in [2.24, 2.45) is 0 Å². The molecule has 2 aromatic heterocycles. The minimum absolute atomic E-state index is 0.0900. The number of halogens is 1. The molecule has 3 aromatic rings. The van der Waals surface area contributed by atoms with Crippen molar-refractivity contribution >= 4 is 42.0 Å². The van der Waals surface area contributed by atoms with Crippen LogP contribution in [0, 0.1) is 5.82 Å². The lowest BCUT2D eigenvalue weighted by molar-refractivity contribution is 0.122. The zero-order chi connectivity index (χ0) is 21.3. The van der Waals surface area contributed by atoms with Gasteiger partial charge in [0.15, 0.2) is 0 Å². The first-order valence-electron chi connectivity index (χ1n) is 8.80. The number of carboxylic acid groups (broad SMARTS) is 1. The van der Waals surface area contributed by atoms with Crippen molar-refractivity contribution in [1.82, 2.24) is 19.1 Å². The maximum atomic E-state index is 14.8. The fraction of sp³-hybridized carbons (Fsp3) is 0.222. The molecule has 3 heterocycles. The Morgan fingerprint density at radius 3 is 3.00 bits per heavy atom. The van der Waals surface area contributed by atoms with Gasteiger partial charge in [-0.1, -0.05) is 12.8 Å². The van der Waals surface area contributed by atoms with E-state index in [1.54, 1.807) is 28.4 Å². The van der Waals surface area contributed by atoms with E-state index in [2.05, 4.69) is 22.9 Å². The molecule has 1 aromatic carbocycles. The van der Waals surface area contributed by atoms with Crippen molar-refractivity contribution in [3.8, 4) is 11.3 Å². The highest BCUT2D eigenvalue weighted by Gasteiger charge is 2.34. The minimum Gasteiger partial charge on any atom is -0.464 e. The molecule has 0 aliphatic carbocycles. The van der Waals surface area contributed by atoms with E-state index in [0.717, 1.165) is 9.31 Å². The van der Waals surface area contributed by atoms with Crippen LogP contribution in [-0.2, 0) is 11.3 Å². The fourth-order valence-electron chi connectivity index (χ4n) is 3.02. The highest BCUT2D eigenvalue weighted by Crippen LogP contribution is 2.30. The summed E-state index contributed by atoms with van der Waals surface area (Å²) in [5.74, 6) is -0.527. The van der Waals surface area contributed by atoms with Crippen molar-refractivity contribution in [3.63, 3.8) is 0 Å². The molecule has 1 atom stereocenters. The van der Waals surface area contributed by atoms with Gasteiger partial charge in [0, 0.05) is 23.3 Å². The molecule has 12 heteroatoms. The lowest BCUT2D eigenvalue weighted by Crippen LogP contribution is -2.32. The summed E-state index contributed by atoms with van der Waals surface area (Å²) in [7, 11) is 0. The fourth-order valence-corrected chi connectivity index (χ4v) is 3.99. The first-order chi connectivity index (χ1) is 14.4. The van der Waals surface area contributed by atoms with Crippen LogP contribution < -0.4 is 4.90 Å². The number of thiazole rings is 1. The normalized spacial score (nSPS) is 16.0. The second-order valence-corrected chi connectivity index (χ2v) is 7.90. The summed E-state index contributed by atoms with van der Waals surface area (Å²) < 4.78 is 22.4. The van der Waals surface area contributed by atoms with Crippen LogP contribution in [0.3, 0.4) is 0 Å². The maximum Gasteiger partial charge on any atom is 0.417 e. The average molecular weight is 449 g/mol.